The van der Waals surface area contributed by atoms with E-state index in [0.29, 0.717) is 36.1 Å². The maximum atomic E-state index is 5.95. The van der Waals surface area contributed by atoms with Gasteiger partial charge >= 0.3 is 0 Å². The van der Waals surface area contributed by atoms with Crippen LogP contribution in [-0.2, 0) is 0 Å². The Balaban J connectivity index is 2.03. The minimum atomic E-state index is 0.463. The fourth-order valence-corrected chi connectivity index (χ4v) is 2.79. The molecule has 0 saturated heterocycles. The van der Waals surface area contributed by atoms with Crippen LogP contribution < -0.4 is 15.8 Å². The van der Waals surface area contributed by atoms with Gasteiger partial charge in [0.05, 0.1) is 12.3 Å². The fraction of sp³-hybridized carbons (Fsp3) is 0.706. The Morgan fingerprint density at radius 1 is 1.29 bits per heavy atom. The molecule has 1 aliphatic rings. The molecule has 1 saturated carbocycles. The Kier molecular flexibility index (Phi) is 5.71. The SMILES string of the molecule is CC(C)COc1nc(NC2CCCCCC2C)ccc1N. The molecule has 1 fully saturated rings. The summed E-state index contributed by atoms with van der Waals surface area (Å²) in [5.74, 6) is 2.58. The van der Waals surface area contributed by atoms with Crippen LogP contribution in [0.1, 0.15) is 52.9 Å². The summed E-state index contributed by atoms with van der Waals surface area (Å²) >= 11 is 0. The Labute approximate surface area is 128 Å². The molecule has 3 N–H and O–H groups in total. The molecule has 0 aliphatic heterocycles. The second-order valence-corrected chi connectivity index (χ2v) is 6.66. The molecule has 1 aromatic heterocycles. The average Bonchev–Trinajstić information content (AvgIpc) is 2.64. The third-order valence-corrected chi connectivity index (χ3v) is 4.14. The van der Waals surface area contributed by atoms with E-state index in [9.17, 15) is 0 Å². The molecule has 0 radical (unpaired) electrons. The number of ether oxygens (including phenoxy) is 1. The van der Waals surface area contributed by atoms with Gasteiger partial charge in [0.25, 0.3) is 0 Å². The molecule has 2 atom stereocenters. The zero-order valence-corrected chi connectivity index (χ0v) is 13.6. The summed E-state index contributed by atoms with van der Waals surface area (Å²) in [6.07, 6.45) is 6.50. The van der Waals surface area contributed by atoms with Crippen LogP contribution in [-0.4, -0.2) is 17.6 Å². The Morgan fingerprint density at radius 2 is 2.05 bits per heavy atom. The van der Waals surface area contributed by atoms with E-state index < -0.39 is 0 Å². The monoisotopic (exact) mass is 291 g/mol. The maximum Gasteiger partial charge on any atom is 0.239 e. The van der Waals surface area contributed by atoms with Gasteiger partial charge in [0.2, 0.25) is 5.88 Å². The van der Waals surface area contributed by atoms with Crippen molar-refractivity contribution in [3.8, 4) is 5.88 Å². The van der Waals surface area contributed by atoms with E-state index in [1.807, 2.05) is 12.1 Å². The number of rotatable bonds is 5. The molecule has 0 aromatic carbocycles. The first kappa shape index (κ1) is 15.9. The number of nitrogen functional groups attached to an aromatic ring is 1. The maximum absolute atomic E-state index is 5.95. The molecular weight excluding hydrogens is 262 g/mol. The quantitative estimate of drug-likeness (QED) is 0.803. The average molecular weight is 291 g/mol. The Morgan fingerprint density at radius 3 is 2.81 bits per heavy atom. The van der Waals surface area contributed by atoms with Gasteiger partial charge in [-0.25, -0.2) is 0 Å². The van der Waals surface area contributed by atoms with Crippen molar-refractivity contribution in [2.45, 2.75) is 58.9 Å². The largest absolute Gasteiger partial charge is 0.476 e. The van der Waals surface area contributed by atoms with Crippen LogP contribution in [0.3, 0.4) is 0 Å². The third kappa shape index (κ3) is 4.80. The van der Waals surface area contributed by atoms with E-state index in [1.165, 1.54) is 32.1 Å². The van der Waals surface area contributed by atoms with Gasteiger partial charge in [-0.05, 0) is 36.8 Å². The number of aromatic nitrogens is 1. The smallest absolute Gasteiger partial charge is 0.239 e. The highest BCUT2D eigenvalue weighted by Crippen LogP contribution is 2.27. The molecule has 0 bridgehead atoms. The van der Waals surface area contributed by atoms with Crippen molar-refractivity contribution >= 4 is 11.5 Å². The second-order valence-electron chi connectivity index (χ2n) is 6.66. The molecule has 0 amide bonds. The van der Waals surface area contributed by atoms with Crippen molar-refractivity contribution in [1.29, 1.82) is 0 Å². The van der Waals surface area contributed by atoms with Crippen molar-refractivity contribution < 1.29 is 4.74 Å². The molecule has 0 spiro atoms. The summed E-state index contributed by atoms with van der Waals surface area (Å²) in [4.78, 5) is 4.55. The minimum absolute atomic E-state index is 0.463. The highest BCUT2D eigenvalue weighted by Gasteiger charge is 2.20. The molecule has 1 heterocycles. The molecular formula is C17H29N3O. The standard InChI is InChI=1S/C17H29N3O/c1-12(2)11-21-17-14(18)9-10-16(20-17)19-15-8-6-4-5-7-13(15)3/h9-10,12-13,15H,4-8,11,18H2,1-3H3,(H,19,20). The molecule has 2 rings (SSSR count). The summed E-state index contributed by atoms with van der Waals surface area (Å²) in [5, 5.41) is 3.58. The van der Waals surface area contributed by atoms with Crippen LogP contribution in [0.2, 0.25) is 0 Å². The fourth-order valence-electron chi connectivity index (χ4n) is 2.79. The lowest BCUT2D eigenvalue weighted by molar-refractivity contribution is 0.263. The number of nitrogens with two attached hydrogens (primary N) is 1. The second kappa shape index (κ2) is 7.53. The number of hydrogen-bond acceptors (Lipinski definition) is 4. The van der Waals surface area contributed by atoms with Crippen molar-refractivity contribution in [2.24, 2.45) is 11.8 Å². The number of pyridine rings is 1. The van der Waals surface area contributed by atoms with Gasteiger partial charge in [-0.2, -0.15) is 4.98 Å². The van der Waals surface area contributed by atoms with Crippen LogP contribution in [0.5, 0.6) is 5.88 Å². The van der Waals surface area contributed by atoms with Crippen molar-refractivity contribution in [3.05, 3.63) is 12.1 Å². The normalized spacial score (nSPS) is 22.9. The van der Waals surface area contributed by atoms with Crippen LogP contribution >= 0.6 is 0 Å². The van der Waals surface area contributed by atoms with Gasteiger partial charge in [0, 0.05) is 6.04 Å². The zero-order chi connectivity index (χ0) is 15.2. The summed E-state index contributed by atoms with van der Waals surface area (Å²) < 4.78 is 5.70. The van der Waals surface area contributed by atoms with E-state index in [2.05, 4.69) is 31.1 Å². The van der Waals surface area contributed by atoms with Crippen LogP contribution in [0.4, 0.5) is 11.5 Å². The van der Waals surface area contributed by atoms with Gasteiger partial charge in [-0.1, -0.05) is 40.0 Å². The summed E-state index contributed by atoms with van der Waals surface area (Å²) in [6.45, 7) is 7.20. The number of nitrogens with one attached hydrogen (secondary N) is 1. The van der Waals surface area contributed by atoms with E-state index in [-0.39, 0.29) is 0 Å². The van der Waals surface area contributed by atoms with Crippen molar-refractivity contribution in [1.82, 2.24) is 4.98 Å². The predicted octanol–water partition coefficient (Wildman–Crippen LogP) is 4.08. The van der Waals surface area contributed by atoms with Gasteiger partial charge in [-0.15, -0.1) is 0 Å². The van der Waals surface area contributed by atoms with Crippen molar-refractivity contribution in [3.63, 3.8) is 0 Å². The molecule has 21 heavy (non-hydrogen) atoms. The van der Waals surface area contributed by atoms with Crippen LogP contribution in [0, 0.1) is 11.8 Å². The van der Waals surface area contributed by atoms with Gasteiger partial charge in [0.1, 0.15) is 5.82 Å². The number of hydrogen-bond donors (Lipinski definition) is 2. The summed E-state index contributed by atoms with van der Waals surface area (Å²) in [5.41, 5.74) is 6.55. The van der Waals surface area contributed by atoms with Crippen molar-refractivity contribution in [2.75, 3.05) is 17.7 Å². The predicted molar refractivity (Wildman–Crippen MR) is 88.6 cm³/mol. The van der Waals surface area contributed by atoms with Gasteiger partial charge in [0.15, 0.2) is 0 Å². The highest BCUT2D eigenvalue weighted by atomic mass is 16.5. The third-order valence-electron chi connectivity index (χ3n) is 4.14. The van der Waals surface area contributed by atoms with Gasteiger partial charge in [-0.3, -0.25) is 0 Å². The zero-order valence-electron chi connectivity index (χ0n) is 13.6. The lowest BCUT2D eigenvalue weighted by Gasteiger charge is -2.23. The first-order valence-electron chi connectivity index (χ1n) is 8.22. The molecule has 4 nitrogen and oxygen atoms in total. The summed E-state index contributed by atoms with van der Waals surface area (Å²) in [7, 11) is 0. The van der Waals surface area contributed by atoms with Crippen LogP contribution in [0.15, 0.2) is 12.1 Å². The topological polar surface area (TPSA) is 60.2 Å². The van der Waals surface area contributed by atoms with E-state index in [4.69, 9.17) is 10.5 Å². The van der Waals surface area contributed by atoms with E-state index >= 15 is 0 Å². The summed E-state index contributed by atoms with van der Waals surface area (Å²) in [6, 6.07) is 4.34. The lowest BCUT2D eigenvalue weighted by Crippen LogP contribution is -2.26. The molecule has 1 aliphatic carbocycles. The van der Waals surface area contributed by atoms with E-state index in [0.717, 1.165) is 5.82 Å². The Bertz CT molecular complexity index is 448. The number of anilines is 2. The van der Waals surface area contributed by atoms with E-state index in [1.54, 1.807) is 0 Å². The van der Waals surface area contributed by atoms with Crippen LogP contribution in [0.25, 0.3) is 0 Å². The molecule has 2 unspecified atom stereocenters. The van der Waals surface area contributed by atoms with Gasteiger partial charge < -0.3 is 15.8 Å². The molecule has 118 valence electrons. The first-order valence-corrected chi connectivity index (χ1v) is 8.22. The number of nitrogens with zero attached hydrogens (tertiary/aromatic N) is 1. The first-order chi connectivity index (χ1) is 10.1. The highest BCUT2D eigenvalue weighted by molar-refractivity contribution is 5.53. The Hall–Kier alpha value is -1.45. The molecule has 4 heteroatoms. The minimum Gasteiger partial charge on any atom is -0.476 e. The lowest BCUT2D eigenvalue weighted by atomic mass is 9.97. The molecule has 1 aromatic rings.